The first-order chi connectivity index (χ1) is 12.9. The number of benzene rings is 1. The number of fused-ring (bicyclic) bond motifs is 1. The smallest absolute Gasteiger partial charge is 0.253 e. The van der Waals surface area contributed by atoms with Crippen LogP contribution in [0.2, 0.25) is 0 Å². The number of carbonyl (C=O) groups is 1. The average molecular weight is 384 g/mol. The molecule has 1 unspecified atom stereocenters. The van der Waals surface area contributed by atoms with Crippen molar-refractivity contribution in [1.29, 1.82) is 0 Å². The van der Waals surface area contributed by atoms with Crippen LogP contribution < -0.4 is 5.32 Å². The fourth-order valence-electron chi connectivity index (χ4n) is 2.94. The molecule has 0 aliphatic heterocycles. The van der Waals surface area contributed by atoms with Crippen LogP contribution in [0.1, 0.15) is 42.4 Å². The molecule has 0 saturated carbocycles. The van der Waals surface area contributed by atoms with Crippen LogP contribution >= 0.6 is 11.8 Å². The zero-order valence-corrected chi connectivity index (χ0v) is 17.2. The molecule has 6 nitrogen and oxygen atoms in total. The van der Waals surface area contributed by atoms with Gasteiger partial charge >= 0.3 is 0 Å². The van der Waals surface area contributed by atoms with Crippen molar-refractivity contribution in [1.82, 2.24) is 24.9 Å². The summed E-state index contributed by atoms with van der Waals surface area (Å²) < 4.78 is 1.74. The largest absolute Gasteiger partial charge is 0.348 e. The average Bonchev–Trinajstić information content (AvgIpc) is 3.06. The van der Waals surface area contributed by atoms with Crippen molar-refractivity contribution in [2.75, 3.05) is 5.75 Å². The summed E-state index contributed by atoms with van der Waals surface area (Å²) in [4.78, 5) is 21.4. The van der Waals surface area contributed by atoms with Gasteiger partial charge in [-0.05, 0) is 37.8 Å². The molecule has 0 spiro atoms. The molecule has 7 heteroatoms. The number of carbonyl (C=O) groups excluding carboxylic acids is 1. The van der Waals surface area contributed by atoms with Gasteiger partial charge < -0.3 is 5.32 Å². The second-order valence-electron chi connectivity index (χ2n) is 7.00. The first-order valence-electron chi connectivity index (χ1n) is 9.04. The molecule has 142 valence electrons. The van der Waals surface area contributed by atoms with Gasteiger partial charge in [-0.2, -0.15) is 4.98 Å². The van der Waals surface area contributed by atoms with Crippen LogP contribution in [-0.4, -0.2) is 31.2 Å². The molecule has 0 radical (unpaired) electrons. The molecule has 2 heterocycles. The SMILES string of the molecule is Cc1nc2nc(SCC(=O)NC(c3ccccc3)C(C)C)nn2c(C)c1C. The molecular weight excluding hydrogens is 358 g/mol. The Balaban J connectivity index is 1.68. The third-order valence-corrected chi connectivity index (χ3v) is 5.55. The Kier molecular flexibility index (Phi) is 5.79. The van der Waals surface area contributed by atoms with Gasteiger partial charge in [0.25, 0.3) is 5.78 Å². The highest BCUT2D eigenvalue weighted by atomic mass is 32.2. The van der Waals surface area contributed by atoms with E-state index in [1.54, 1.807) is 4.52 Å². The molecule has 2 aromatic heterocycles. The van der Waals surface area contributed by atoms with Crippen molar-refractivity contribution in [2.45, 2.75) is 45.8 Å². The molecule has 3 aromatic rings. The maximum absolute atomic E-state index is 12.5. The molecule has 3 rings (SSSR count). The van der Waals surface area contributed by atoms with E-state index in [0.29, 0.717) is 16.9 Å². The fourth-order valence-corrected chi connectivity index (χ4v) is 3.57. The molecule has 1 N–H and O–H groups in total. The molecule has 27 heavy (non-hydrogen) atoms. The maximum Gasteiger partial charge on any atom is 0.253 e. The van der Waals surface area contributed by atoms with Crippen molar-refractivity contribution < 1.29 is 4.79 Å². The van der Waals surface area contributed by atoms with Crippen LogP contribution in [0.5, 0.6) is 0 Å². The standard InChI is InChI=1S/C20H25N5OS/c1-12(2)18(16-9-7-6-8-10-16)22-17(26)11-27-20-23-19-21-14(4)13(3)15(5)25(19)24-20/h6-10,12,18H,11H2,1-5H3,(H,22,26). The van der Waals surface area contributed by atoms with Crippen LogP contribution in [0, 0.1) is 26.7 Å². The molecule has 1 aromatic carbocycles. The number of hydrogen-bond donors (Lipinski definition) is 1. The van der Waals surface area contributed by atoms with Gasteiger partial charge in [0.1, 0.15) is 0 Å². The number of aryl methyl sites for hydroxylation is 2. The highest BCUT2D eigenvalue weighted by Gasteiger charge is 2.19. The van der Waals surface area contributed by atoms with E-state index < -0.39 is 0 Å². The summed E-state index contributed by atoms with van der Waals surface area (Å²) >= 11 is 1.33. The van der Waals surface area contributed by atoms with Gasteiger partial charge in [-0.1, -0.05) is 55.9 Å². The lowest BCUT2D eigenvalue weighted by atomic mass is 9.96. The van der Waals surface area contributed by atoms with E-state index >= 15 is 0 Å². The van der Waals surface area contributed by atoms with Crippen molar-refractivity contribution in [3.8, 4) is 0 Å². The van der Waals surface area contributed by atoms with Crippen LogP contribution in [0.25, 0.3) is 5.78 Å². The molecular formula is C20H25N5OS. The molecule has 0 fully saturated rings. The Hall–Kier alpha value is -2.41. The first kappa shape index (κ1) is 19.4. The van der Waals surface area contributed by atoms with Gasteiger partial charge in [-0.25, -0.2) is 9.50 Å². The van der Waals surface area contributed by atoms with E-state index in [2.05, 4.69) is 34.2 Å². The number of rotatable bonds is 6. The van der Waals surface area contributed by atoms with Crippen LogP contribution in [0.4, 0.5) is 0 Å². The van der Waals surface area contributed by atoms with E-state index in [0.717, 1.165) is 22.5 Å². The fraction of sp³-hybridized carbons (Fsp3) is 0.400. The molecule has 0 saturated heterocycles. The Labute approximate surface area is 163 Å². The van der Waals surface area contributed by atoms with Crippen LogP contribution in [-0.2, 0) is 4.79 Å². The van der Waals surface area contributed by atoms with E-state index in [4.69, 9.17) is 0 Å². The lowest BCUT2D eigenvalue weighted by Crippen LogP contribution is -2.33. The molecule has 0 bridgehead atoms. The predicted octanol–water partition coefficient (Wildman–Crippen LogP) is 3.66. The van der Waals surface area contributed by atoms with E-state index in [-0.39, 0.29) is 17.7 Å². The van der Waals surface area contributed by atoms with Gasteiger partial charge in [-0.15, -0.1) is 5.10 Å². The number of thioether (sulfide) groups is 1. The van der Waals surface area contributed by atoms with Crippen molar-refractivity contribution in [2.24, 2.45) is 5.92 Å². The van der Waals surface area contributed by atoms with E-state index in [1.807, 2.05) is 51.1 Å². The summed E-state index contributed by atoms with van der Waals surface area (Å²) in [5, 5.41) is 8.17. The minimum atomic E-state index is -0.0292. The third-order valence-electron chi connectivity index (χ3n) is 4.72. The van der Waals surface area contributed by atoms with Crippen molar-refractivity contribution in [3.05, 3.63) is 52.8 Å². The van der Waals surface area contributed by atoms with Gasteiger partial charge in [0.15, 0.2) is 0 Å². The van der Waals surface area contributed by atoms with Gasteiger partial charge in [-0.3, -0.25) is 4.79 Å². The van der Waals surface area contributed by atoms with E-state index in [1.165, 1.54) is 11.8 Å². The highest BCUT2D eigenvalue weighted by molar-refractivity contribution is 7.99. The van der Waals surface area contributed by atoms with Crippen molar-refractivity contribution >= 4 is 23.4 Å². The summed E-state index contributed by atoms with van der Waals surface area (Å²) in [6.45, 7) is 10.2. The summed E-state index contributed by atoms with van der Waals surface area (Å²) in [5.74, 6) is 1.11. The van der Waals surface area contributed by atoms with Gasteiger partial charge in [0.05, 0.1) is 11.8 Å². The molecule has 1 atom stereocenters. The summed E-state index contributed by atoms with van der Waals surface area (Å²) in [7, 11) is 0. The zero-order valence-electron chi connectivity index (χ0n) is 16.4. The minimum absolute atomic E-state index is 0.0115. The Morgan fingerprint density at radius 2 is 1.85 bits per heavy atom. The molecule has 0 aliphatic rings. The number of amides is 1. The van der Waals surface area contributed by atoms with Gasteiger partial charge in [0, 0.05) is 11.4 Å². The quantitative estimate of drug-likeness (QED) is 0.658. The van der Waals surface area contributed by atoms with Crippen molar-refractivity contribution in [3.63, 3.8) is 0 Å². The number of nitrogens with one attached hydrogen (secondary N) is 1. The Morgan fingerprint density at radius 1 is 1.15 bits per heavy atom. The lowest BCUT2D eigenvalue weighted by Gasteiger charge is -2.22. The second kappa shape index (κ2) is 8.08. The highest BCUT2D eigenvalue weighted by Crippen LogP contribution is 2.22. The van der Waals surface area contributed by atoms with Gasteiger partial charge in [0.2, 0.25) is 11.1 Å². The van der Waals surface area contributed by atoms with E-state index in [9.17, 15) is 4.79 Å². The molecule has 1 amide bonds. The summed E-state index contributed by atoms with van der Waals surface area (Å²) in [6.07, 6.45) is 0. The maximum atomic E-state index is 12.5. The number of nitrogens with zero attached hydrogens (tertiary/aromatic N) is 4. The zero-order chi connectivity index (χ0) is 19.6. The first-order valence-corrected chi connectivity index (χ1v) is 10.0. The normalized spacial score (nSPS) is 12.5. The Bertz CT molecular complexity index is 952. The summed E-state index contributed by atoms with van der Waals surface area (Å²) in [5.41, 5.74) is 4.18. The predicted molar refractivity (Wildman–Crippen MR) is 108 cm³/mol. The molecule has 0 aliphatic carbocycles. The number of aromatic nitrogens is 4. The monoisotopic (exact) mass is 383 g/mol. The minimum Gasteiger partial charge on any atom is -0.348 e. The van der Waals surface area contributed by atoms with Crippen LogP contribution in [0.3, 0.4) is 0 Å². The Morgan fingerprint density at radius 3 is 2.52 bits per heavy atom. The van der Waals surface area contributed by atoms with Crippen LogP contribution in [0.15, 0.2) is 35.5 Å². The second-order valence-corrected chi connectivity index (χ2v) is 7.94. The number of hydrogen-bond acceptors (Lipinski definition) is 5. The third kappa shape index (κ3) is 4.30. The summed E-state index contributed by atoms with van der Waals surface area (Å²) in [6, 6.07) is 10.0. The topological polar surface area (TPSA) is 72.2 Å². The lowest BCUT2D eigenvalue weighted by molar-refractivity contribution is -0.119.